The van der Waals surface area contributed by atoms with E-state index >= 15 is 0 Å². The summed E-state index contributed by atoms with van der Waals surface area (Å²) >= 11 is 1.45. The number of sulfonamides is 1. The third kappa shape index (κ3) is 5.68. The van der Waals surface area contributed by atoms with Crippen LogP contribution in [0.25, 0.3) is 0 Å². The lowest BCUT2D eigenvalue weighted by molar-refractivity contribution is 0.578. The van der Waals surface area contributed by atoms with Gasteiger partial charge in [-0.25, -0.2) is 13.1 Å². The largest absolute Gasteiger partial charge is 0.241 e. The number of thioether (sulfide) groups is 1. The number of hydrogen-bond donors (Lipinski definition) is 1. The van der Waals surface area contributed by atoms with Crippen LogP contribution in [0.1, 0.15) is 6.42 Å². The van der Waals surface area contributed by atoms with E-state index in [9.17, 15) is 8.42 Å². The Morgan fingerprint density at radius 2 is 1.84 bits per heavy atom. The molecule has 108 valence electrons. The third-order valence-electron chi connectivity index (χ3n) is 2.75. The van der Waals surface area contributed by atoms with Crippen molar-refractivity contribution in [2.45, 2.75) is 41.9 Å². The second kappa shape index (κ2) is 6.92. The summed E-state index contributed by atoms with van der Waals surface area (Å²) in [5.41, 5.74) is 0. The fraction of sp³-hybridized carbons (Fsp3) is 0.538. The Bertz CT molecular complexity index is 510. The zero-order chi connectivity index (χ0) is 14.5. The summed E-state index contributed by atoms with van der Waals surface area (Å²) in [4.78, 5) is 1.18. The molecule has 0 radical (unpaired) electrons. The SMILES string of the molecule is CSc1ccccc1S(=O)(=O)NCCC[Si](C)(C)C. The first-order chi connectivity index (χ1) is 8.76. The van der Waals surface area contributed by atoms with E-state index in [-0.39, 0.29) is 0 Å². The molecule has 0 aliphatic rings. The molecule has 1 N–H and O–H groups in total. The van der Waals surface area contributed by atoms with Gasteiger partial charge in [-0.15, -0.1) is 11.8 Å². The van der Waals surface area contributed by atoms with Gasteiger partial charge in [-0.1, -0.05) is 37.8 Å². The number of benzene rings is 1. The van der Waals surface area contributed by atoms with Gasteiger partial charge in [0, 0.05) is 19.5 Å². The Balaban J connectivity index is 2.66. The Morgan fingerprint density at radius 1 is 1.21 bits per heavy atom. The molecule has 0 bridgehead atoms. The lowest BCUT2D eigenvalue weighted by Crippen LogP contribution is -2.27. The van der Waals surface area contributed by atoms with E-state index in [2.05, 4.69) is 24.4 Å². The Kier molecular flexibility index (Phi) is 6.10. The lowest BCUT2D eigenvalue weighted by Gasteiger charge is -2.15. The standard InChI is InChI=1S/C13H23NO2S2Si/c1-17-12-8-5-6-9-13(12)18(15,16)14-10-7-11-19(2,3)4/h5-6,8-9,14H,7,10-11H2,1-4H3. The Labute approximate surface area is 122 Å². The van der Waals surface area contributed by atoms with Gasteiger partial charge in [0.05, 0.1) is 4.90 Å². The first-order valence-corrected chi connectivity index (χ1v) is 12.8. The molecule has 0 heterocycles. The van der Waals surface area contributed by atoms with E-state index in [1.54, 1.807) is 12.1 Å². The van der Waals surface area contributed by atoms with Crippen molar-refractivity contribution < 1.29 is 8.42 Å². The zero-order valence-corrected chi connectivity index (χ0v) is 14.7. The minimum atomic E-state index is -3.38. The maximum absolute atomic E-state index is 12.2. The maximum atomic E-state index is 12.2. The number of hydrogen-bond acceptors (Lipinski definition) is 3. The molecule has 0 aliphatic heterocycles. The van der Waals surface area contributed by atoms with Crippen molar-refractivity contribution in [3.8, 4) is 0 Å². The van der Waals surface area contributed by atoms with Crippen LogP contribution in [0, 0.1) is 0 Å². The summed E-state index contributed by atoms with van der Waals surface area (Å²) in [7, 11) is -4.47. The maximum Gasteiger partial charge on any atom is 0.241 e. The van der Waals surface area contributed by atoms with Gasteiger partial charge in [0.15, 0.2) is 0 Å². The van der Waals surface area contributed by atoms with Crippen molar-refractivity contribution in [1.29, 1.82) is 0 Å². The highest BCUT2D eigenvalue weighted by molar-refractivity contribution is 7.99. The van der Waals surface area contributed by atoms with E-state index < -0.39 is 18.1 Å². The van der Waals surface area contributed by atoms with Gasteiger partial charge in [-0.2, -0.15) is 0 Å². The molecule has 0 unspecified atom stereocenters. The van der Waals surface area contributed by atoms with Crippen LogP contribution < -0.4 is 4.72 Å². The van der Waals surface area contributed by atoms with E-state index in [4.69, 9.17) is 0 Å². The smallest absolute Gasteiger partial charge is 0.211 e. The normalized spacial score (nSPS) is 12.6. The molecule has 0 aromatic heterocycles. The van der Waals surface area contributed by atoms with Crippen molar-refractivity contribution >= 4 is 29.9 Å². The fourth-order valence-electron chi connectivity index (χ4n) is 1.74. The molecule has 0 aliphatic carbocycles. The van der Waals surface area contributed by atoms with Crippen LogP contribution in [0.3, 0.4) is 0 Å². The molecule has 0 saturated heterocycles. The molecule has 0 fully saturated rings. The van der Waals surface area contributed by atoms with E-state index in [1.165, 1.54) is 11.8 Å². The number of rotatable bonds is 7. The molecule has 1 rings (SSSR count). The van der Waals surface area contributed by atoms with Gasteiger partial charge in [-0.3, -0.25) is 0 Å². The van der Waals surface area contributed by atoms with Crippen LogP contribution in [0.2, 0.25) is 25.7 Å². The van der Waals surface area contributed by atoms with Crippen molar-refractivity contribution in [3.05, 3.63) is 24.3 Å². The Hall–Kier alpha value is -0.303. The zero-order valence-electron chi connectivity index (χ0n) is 12.1. The average Bonchev–Trinajstić information content (AvgIpc) is 2.33. The molecule has 0 amide bonds. The summed E-state index contributed by atoms with van der Waals surface area (Å²) in [6.45, 7) is 7.41. The summed E-state index contributed by atoms with van der Waals surface area (Å²) in [5.74, 6) is 0. The summed E-state index contributed by atoms with van der Waals surface area (Å²) in [5, 5.41) is 0. The molecule has 6 heteroatoms. The first-order valence-electron chi connectivity index (χ1n) is 6.39. The minimum absolute atomic E-state index is 0.385. The molecule has 19 heavy (non-hydrogen) atoms. The van der Waals surface area contributed by atoms with Crippen LogP contribution >= 0.6 is 11.8 Å². The van der Waals surface area contributed by atoms with E-state index in [1.807, 2.05) is 18.4 Å². The molecular formula is C13H23NO2S2Si. The quantitative estimate of drug-likeness (QED) is 0.476. The predicted octanol–water partition coefficient (Wildman–Crippen LogP) is 3.42. The molecule has 3 nitrogen and oxygen atoms in total. The highest BCUT2D eigenvalue weighted by Gasteiger charge is 2.18. The average molecular weight is 318 g/mol. The van der Waals surface area contributed by atoms with Gasteiger partial charge >= 0.3 is 0 Å². The van der Waals surface area contributed by atoms with Crippen LogP contribution in [-0.4, -0.2) is 29.3 Å². The van der Waals surface area contributed by atoms with Gasteiger partial charge in [0.2, 0.25) is 10.0 Å². The van der Waals surface area contributed by atoms with Gasteiger partial charge in [0.1, 0.15) is 0 Å². The molecule has 0 spiro atoms. The van der Waals surface area contributed by atoms with Gasteiger partial charge in [-0.05, 0) is 24.8 Å². The molecular weight excluding hydrogens is 294 g/mol. The van der Waals surface area contributed by atoms with E-state index in [0.29, 0.717) is 11.4 Å². The van der Waals surface area contributed by atoms with Crippen molar-refractivity contribution in [2.24, 2.45) is 0 Å². The van der Waals surface area contributed by atoms with Crippen LogP contribution in [0.5, 0.6) is 0 Å². The van der Waals surface area contributed by atoms with Crippen molar-refractivity contribution in [3.63, 3.8) is 0 Å². The summed E-state index contributed by atoms with van der Waals surface area (Å²) < 4.78 is 27.2. The summed E-state index contributed by atoms with van der Waals surface area (Å²) in [6.07, 6.45) is 2.80. The van der Waals surface area contributed by atoms with E-state index in [0.717, 1.165) is 17.4 Å². The topological polar surface area (TPSA) is 46.2 Å². The Morgan fingerprint density at radius 3 is 2.42 bits per heavy atom. The molecule has 0 saturated carbocycles. The summed E-state index contributed by atoms with van der Waals surface area (Å²) in [6, 6.07) is 8.25. The molecule has 1 aromatic carbocycles. The van der Waals surface area contributed by atoms with Crippen LogP contribution in [0.4, 0.5) is 0 Å². The fourth-order valence-corrected chi connectivity index (χ4v) is 5.20. The third-order valence-corrected chi connectivity index (χ3v) is 7.05. The minimum Gasteiger partial charge on any atom is -0.211 e. The number of nitrogens with one attached hydrogen (secondary N) is 1. The monoisotopic (exact) mass is 317 g/mol. The molecule has 1 aromatic rings. The first kappa shape index (κ1) is 16.8. The second-order valence-corrected chi connectivity index (χ2v) is 13.9. The lowest BCUT2D eigenvalue weighted by atomic mass is 10.4. The van der Waals surface area contributed by atoms with Crippen molar-refractivity contribution in [1.82, 2.24) is 4.72 Å². The second-order valence-electron chi connectivity index (χ2n) is 5.71. The van der Waals surface area contributed by atoms with Gasteiger partial charge < -0.3 is 0 Å². The highest BCUT2D eigenvalue weighted by Crippen LogP contribution is 2.24. The van der Waals surface area contributed by atoms with Crippen molar-refractivity contribution in [2.75, 3.05) is 12.8 Å². The molecule has 0 atom stereocenters. The van der Waals surface area contributed by atoms with Crippen LogP contribution in [-0.2, 0) is 10.0 Å². The highest BCUT2D eigenvalue weighted by atomic mass is 32.2. The van der Waals surface area contributed by atoms with Crippen LogP contribution in [0.15, 0.2) is 34.1 Å². The van der Waals surface area contributed by atoms with Gasteiger partial charge in [0.25, 0.3) is 0 Å². The predicted molar refractivity (Wildman–Crippen MR) is 86.2 cm³/mol.